The molecule has 0 aliphatic carbocycles. The van der Waals surface area contributed by atoms with Gasteiger partial charge in [-0.05, 0) is 41.6 Å². The van der Waals surface area contributed by atoms with Crippen molar-refractivity contribution in [3.8, 4) is 0 Å². The van der Waals surface area contributed by atoms with Gasteiger partial charge < -0.3 is 19.9 Å². The molecule has 2 aromatic carbocycles. The van der Waals surface area contributed by atoms with Crippen LogP contribution >= 0.6 is 11.3 Å². The molecule has 3 aromatic rings. The zero-order valence-electron chi connectivity index (χ0n) is 22.6. The summed E-state index contributed by atoms with van der Waals surface area (Å²) in [5.41, 5.74) is 2.78. The van der Waals surface area contributed by atoms with Crippen LogP contribution in [0.5, 0.6) is 0 Å². The number of ether oxygens (including phenoxy) is 1. The first kappa shape index (κ1) is 27.5. The number of piperazine rings is 1. The molecule has 1 aromatic heterocycles. The molecule has 206 valence electrons. The van der Waals surface area contributed by atoms with Gasteiger partial charge in [-0.15, -0.1) is 11.3 Å². The van der Waals surface area contributed by atoms with E-state index in [4.69, 9.17) is 4.74 Å². The van der Waals surface area contributed by atoms with Gasteiger partial charge in [-0.3, -0.25) is 14.5 Å². The van der Waals surface area contributed by atoms with Crippen molar-refractivity contribution in [2.24, 2.45) is 0 Å². The predicted octanol–water partition coefficient (Wildman–Crippen LogP) is 4.00. The third kappa shape index (κ3) is 6.58. The number of nitrogens with zero attached hydrogens (tertiary/aromatic N) is 3. The second-order valence-electron chi connectivity index (χ2n) is 10.3. The van der Waals surface area contributed by atoms with Gasteiger partial charge >= 0.3 is 0 Å². The molecule has 5 rings (SSSR count). The van der Waals surface area contributed by atoms with Crippen molar-refractivity contribution in [3.63, 3.8) is 0 Å². The fourth-order valence-corrected chi connectivity index (χ4v) is 6.60. The molecule has 2 aliphatic rings. The third-order valence-electron chi connectivity index (χ3n) is 7.76. The number of methoxy groups -OCH3 is 1. The SMILES string of the molecule is COCCN1C(=O)c2ccccc2C(C(=O)NCCCN2CCN(Cc3ccccc3)CC2)C1c1cccs1. The fourth-order valence-electron chi connectivity index (χ4n) is 5.72. The Bertz CT molecular complexity index is 1210. The molecule has 2 unspecified atom stereocenters. The highest BCUT2D eigenvalue weighted by Gasteiger charge is 2.44. The Balaban J connectivity index is 1.19. The molecule has 0 radical (unpaired) electrons. The van der Waals surface area contributed by atoms with Crippen LogP contribution in [0.25, 0.3) is 0 Å². The summed E-state index contributed by atoms with van der Waals surface area (Å²) in [5, 5.41) is 5.22. The van der Waals surface area contributed by atoms with Crippen LogP contribution in [-0.2, 0) is 16.1 Å². The van der Waals surface area contributed by atoms with Crippen LogP contribution in [0.3, 0.4) is 0 Å². The van der Waals surface area contributed by atoms with Gasteiger partial charge in [0.2, 0.25) is 5.91 Å². The molecule has 7 nitrogen and oxygen atoms in total. The van der Waals surface area contributed by atoms with Crippen LogP contribution in [0, 0.1) is 0 Å². The average Bonchev–Trinajstić information content (AvgIpc) is 3.51. The van der Waals surface area contributed by atoms with Gasteiger partial charge in [0.25, 0.3) is 5.91 Å². The van der Waals surface area contributed by atoms with E-state index in [1.165, 1.54) is 5.56 Å². The lowest BCUT2D eigenvalue weighted by Gasteiger charge is -2.41. The number of thiophene rings is 1. The number of rotatable bonds is 11. The van der Waals surface area contributed by atoms with Crippen LogP contribution < -0.4 is 5.32 Å². The zero-order valence-corrected chi connectivity index (χ0v) is 23.4. The van der Waals surface area contributed by atoms with Gasteiger partial charge in [0, 0.05) is 63.4 Å². The molecule has 2 atom stereocenters. The van der Waals surface area contributed by atoms with Crippen molar-refractivity contribution in [3.05, 3.63) is 93.7 Å². The molecule has 2 amide bonds. The van der Waals surface area contributed by atoms with Crippen molar-refractivity contribution in [2.45, 2.75) is 24.9 Å². The van der Waals surface area contributed by atoms with Crippen LogP contribution in [0.15, 0.2) is 72.1 Å². The highest BCUT2D eigenvalue weighted by atomic mass is 32.1. The quantitative estimate of drug-likeness (QED) is 0.369. The summed E-state index contributed by atoms with van der Waals surface area (Å²) < 4.78 is 5.32. The minimum atomic E-state index is -0.462. The minimum absolute atomic E-state index is 0.0246. The van der Waals surface area contributed by atoms with Crippen molar-refractivity contribution >= 4 is 23.2 Å². The second-order valence-corrected chi connectivity index (χ2v) is 11.2. The lowest BCUT2D eigenvalue weighted by molar-refractivity contribution is -0.124. The first-order valence-electron chi connectivity index (χ1n) is 13.8. The number of hydrogen-bond acceptors (Lipinski definition) is 6. The molecule has 39 heavy (non-hydrogen) atoms. The van der Waals surface area contributed by atoms with Crippen LogP contribution in [-0.4, -0.2) is 86.0 Å². The summed E-state index contributed by atoms with van der Waals surface area (Å²) in [7, 11) is 1.63. The first-order valence-corrected chi connectivity index (χ1v) is 14.7. The maximum absolute atomic E-state index is 13.8. The topological polar surface area (TPSA) is 65.1 Å². The Morgan fingerprint density at radius 3 is 2.44 bits per heavy atom. The molecule has 0 bridgehead atoms. The Morgan fingerprint density at radius 2 is 1.69 bits per heavy atom. The lowest BCUT2D eigenvalue weighted by atomic mass is 9.81. The van der Waals surface area contributed by atoms with Gasteiger partial charge in [-0.25, -0.2) is 0 Å². The Labute approximate surface area is 235 Å². The van der Waals surface area contributed by atoms with E-state index in [-0.39, 0.29) is 17.9 Å². The average molecular weight is 547 g/mol. The van der Waals surface area contributed by atoms with Gasteiger partial charge in [0.1, 0.15) is 0 Å². The smallest absolute Gasteiger partial charge is 0.254 e. The molecule has 0 spiro atoms. The van der Waals surface area contributed by atoms with E-state index < -0.39 is 5.92 Å². The number of carbonyl (C=O) groups excluding carboxylic acids is 2. The minimum Gasteiger partial charge on any atom is -0.383 e. The number of hydrogen-bond donors (Lipinski definition) is 1. The van der Waals surface area contributed by atoms with Crippen molar-refractivity contribution < 1.29 is 14.3 Å². The largest absolute Gasteiger partial charge is 0.383 e. The number of fused-ring (bicyclic) bond motifs is 1. The van der Waals surface area contributed by atoms with Crippen LogP contribution in [0.4, 0.5) is 0 Å². The molecule has 0 saturated carbocycles. The summed E-state index contributed by atoms with van der Waals surface area (Å²) in [6.07, 6.45) is 0.898. The zero-order chi connectivity index (χ0) is 27.0. The van der Waals surface area contributed by atoms with Gasteiger partial charge in [-0.1, -0.05) is 54.6 Å². The predicted molar refractivity (Wildman–Crippen MR) is 155 cm³/mol. The van der Waals surface area contributed by atoms with E-state index in [1.807, 2.05) is 46.7 Å². The van der Waals surface area contributed by atoms with E-state index in [2.05, 4.69) is 45.4 Å². The van der Waals surface area contributed by atoms with Gasteiger partial charge in [0.15, 0.2) is 0 Å². The molecular weight excluding hydrogens is 508 g/mol. The van der Waals surface area contributed by atoms with Crippen molar-refractivity contribution in [1.82, 2.24) is 20.0 Å². The molecule has 2 aliphatic heterocycles. The first-order chi connectivity index (χ1) is 19.2. The van der Waals surface area contributed by atoms with Crippen molar-refractivity contribution in [2.75, 3.05) is 59.5 Å². The monoisotopic (exact) mass is 546 g/mol. The number of benzene rings is 2. The molecule has 1 fully saturated rings. The Morgan fingerprint density at radius 1 is 0.949 bits per heavy atom. The standard InChI is InChI=1S/C31H38N4O3S/c1-38-21-20-35-29(27-13-7-22-39-27)28(25-11-5-6-12-26(25)31(35)37)30(36)32-14-8-15-33-16-18-34(19-17-33)23-24-9-3-2-4-10-24/h2-7,9-13,22,28-29H,8,14-21,23H2,1H3,(H,32,36). The fraction of sp³-hybridized carbons (Fsp3) is 0.419. The normalized spacial score (nSPS) is 20.1. The number of nitrogens with one attached hydrogen (secondary N) is 1. The van der Waals surface area contributed by atoms with Gasteiger partial charge in [0.05, 0.1) is 18.6 Å². The van der Waals surface area contributed by atoms with E-state index in [0.717, 1.165) is 56.1 Å². The highest BCUT2D eigenvalue weighted by Crippen LogP contribution is 2.44. The summed E-state index contributed by atoms with van der Waals surface area (Å²) in [5.74, 6) is -0.532. The van der Waals surface area contributed by atoms with Crippen molar-refractivity contribution in [1.29, 1.82) is 0 Å². The maximum atomic E-state index is 13.8. The summed E-state index contributed by atoms with van der Waals surface area (Å²) in [6, 6.07) is 21.8. The molecule has 3 heterocycles. The molecule has 1 N–H and O–H groups in total. The second kappa shape index (κ2) is 13.3. The summed E-state index contributed by atoms with van der Waals surface area (Å²) in [6.45, 7) is 7.67. The number of carbonyl (C=O) groups is 2. The summed E-state index contributed by atoms with van der Waals surface area (Å²) >= 11 is 1.59. The van der Waals surface area contributed by atoms with E-state index in [1.54, 1.807) is 18.4 Å². The third-order valence-corrected chi connectivity index (χ3v) is 8.70. The number of amides is 2. The van der Waals surface area contributed by atoms with E-state index >= 15 is 0 Å². The van der Waals surface area contributed by atoms with Gasteiger partial charge in [-0.2, -0.15) is 0 Å². The van der Waals surface area contributed by atoms with Crippen LogP contribution in [0.1, 0.15) is 44.7 Å². The molecule has 1 saturated heterocycles. The van der Waals surface area contributed by atoms with E-state index in [0.29, 0.717) is 25.3 Å². The summed E-state index contributed by atoms with van der Waals surface area (Å²) in [4.78, 5) is 35.1. The molecule has 8 heteroatoms. The Kier molecular flexibility index (Phi) is 9.42. The lowest BCUT2D eigenvalue weighted by Crippen LogP contribution is -2.48. The van der Waals surface area contributed by atoms with Crippen LogP contribution in [0.2, 0.25) is 0 Å². The Hall–Kier alpha value is -3.04. The van der Waals surface area contributed by atoms with E-state index in [9.17, 15) is 9.59 Å². The maximum Gasteiger partial charge on any atom is 0.254 e. The molecular formula is C31H38N4O3S. The highest BCUT2D eigenvalue weighted by molar-refractivity contribution is 7.10.